The highest BCUT2D eigenvalue weighted by atomic mass is 16.3. The average Bonchev–Trinajstić information content (AvgIpc) is 2.39. The van der Waals surface area contributed by atoms with Crippen molar-refractivity contribution in [3.8, 4) is 5.75 Å². The van der Waals surface area contributed by atoms with E-state index < -0.39 is 0 Å². The molecular formula is C16H17NO2. The fourth-order valence-electron chi connectivity index (χ4n) is 1.88. The highest BCUT2D eigenvalue weighted by molar-refractivity contribution is 6.03. The number of rotatable bonds is 3. The molecule has 0 spiro atoms. The number of carbonyl (C=O) groups excluding carboxylic acids is 1. The summed E-state index contributed by atoms with van der Waals surface area (Å²) in [5.41, 5.74) is 1.45. The molecule has 0 saturated heterocycles. The molecule has 0 heterocycles. The molecule has 0 radical (unpaired) electrons. The van der Waals surface area contributed by atoms with Crippen LogP contribution < -0.4 is 5.32 Å². The van der Waals surface area contributed by atoms with Gasteiger partial charge in [0, 0.05) is 11.9 Å². The van der Waals surface area contributed by atoms with E-state index in [0.717, 1.165) is 11.0 Å². The number of nitrogens with one attached hydrogen (secondary N) is 1. The standard InChI is InChI=1S/C16H17NO2/c1-11(2)9-10-17-16(19)14-8-7-12-5-3-4-6-13(12)15(14)18/h3-9,18H,10H2,1-2H3,(H,17,19). The maximum absolute atomic E-state index is 12.0. The summed E-state index contributed by atoms with van der Waals surface area (Å²) in [4.78, 5) is 12.0. The van der Waals surface area contributed by atoms with Crippen molar-refractivity contribution in [2.75, 3.05) is 6.54 Å². The molecule has 0 aliphatic rings. The van der Waals surface area contributed by atoms with Crippen molar-refractivity contribution in [3.05, 3.63) is 53.6 Å². The van der Waals surface area contributed by atoms with Crippen molar-refractivity contribution in [3.63, 3.8) is 0 Å². The second kappa shape index (κ2) is 5.57. The summed E-state index contributed by atoms with van der Waals surface area (Å²) in [7, 11) is 0. The first-order chi connectivity index (χ1) is 9.09. The zero-order chi connectivity index (χ0) is 13.8. The zero-order valence-electron chi connectivity index (χ0n) is 11.1. The quantitative estimate of drug-likeness (QED) is 0.827. The molecule has 2 aromatic rings. The lowest BCUT2D eigenvalue weighted by molar-refractivity contribution is 0.0955. The predicted octanol–water partition coefficient (Wildman–Crippen LogP) is 3.24. The van der Waals surface area contributed by atoms with E-state index in [4.69, 9.17) is 0 Å². The Morgan fingerprint density at radius 2 is 1.95 bits per heavy atom. The molecule has 3 nitrogen and oxygen atoms in total. The first-order valence-corrected chi connectivity index (χ1v) is 6.22. The van der Waals surface area contributed by atoms with E-state index in [-0.39, 0.29) is 11.7 Å². The van der Waals surface area contributed by atoms with Gasteiger partial charge in [-0.25, -0.2) is 0 Å². The minimum Gasteiger partial charge on any atom is -0.506 e. The molecule has 2 rings (SSSR count). The van der Waals surface area contributed by atoms with E-state index in [1.807, 2.05) is 44.2 Å². The Bertz CT molecular complexity index is 640. The van der Waals surface area contributed by atoms with Gasteiger partial charge >= 0.3 is 0 Å². The van der Waals surface area contributed by atoms with Crippen molar-refractivity contribution in [2.45, 2.75) is 13.8 Å². The smallest absolute Gasteiger partial charge is 0.255 e. The first kappa shape index (κ1) is 13.1. The van der Waals surface area contributed by atoms with E-state index in [0.29, 0.717) is 17.5 Å². The van der Waals surface area contributed by atoms with Gasteiger partial charge in [0.05, 0.1) is 5.56 Å². The molecule has 19 heavy (non-hydrogen) atoms. The molecule has 98 valence electrons. The van der Waals surface area contributed by atoms with Gasteiger partial charge in [-0.05, 0) is 25.3 Å². The van der Waals surface area contributed by atoms with Gasteiger partial charge in [0.15, 0.2) is 0 Å². The van der Waals surface area contributed by atoms with Crippen LogP contribution in [0.1, 0.15) is 24.2 Å². The zero-order valence-corrected chi connectivity index (χ0v) is 11.1. The number of benzene rings is 2. The average molecular weight is 255 g/mol. The van der Waals surface area contributed by atoms with Crippen molar-refractivity contribution < 1.29 is 9.90 Å². The predicted molar refractivity (Wildman–Crippen MR) is 77.4 cm³/mol. The first-order valence-electron chi connectivity index (χ1n) is 6.22. The van der Waals surface area contributed by atoms with Crippen molar-refractivity contribution in [1.82, 2.24) is 5.32 Å². The van der Waals surface area contributed by atoms with Crippen molar-refractivity contribution in [2.24, 2.45) is 0 Å². The number of amides is 1. The lowest BCUT2D eigenvalue weighted by Crippen LogP contribution is -2.23. The van der Waals surface area contributed by atoms with Crippen LogP contribution in [0.4, 0.5) is 0 Å². The number of phenols is 1. The highest BCUT2D eigenvalue weighted by Crippen LogP contribution is 2.28. The number of allylic oxidation sites excluding steroid dienone is 1. The summed E-state index contributed by atoms with van der Waals surface area (Å²) >= 11 is 0. The van der Waals surface area contributed by atoms with Crippen LogP contribution in [-0.2, 0) is 0 Å². The third kappa shape index (κ3) is 2.94. The minimum absolute atomic E-state index is 0.0350. The normalized spacial score (nSPS) is 10.2. The Balaban J connectivity index is 2.27. The van der Waals surface area contributed by atoms with Gasteiger partial charge in [-0.15, -0.1) is 0 Å². The van der Waals surface area contributed by atoms with Crippen molar-refractivity contribution in [1.29, 1.82) is 0 Å². The minimum atomic E-state index is -0.263. The lowest BCUT2D eigenvalue weighted by atomic mass is 10.0. The molecule has 0 fully saturated rings. The van der Waals surface area contributed by atoms with E-state index in [9.17, 15) is 9.90 Å². The number of hydrogen-bond donors (Lipinski definition) is 2. The summed E-state index contributed by atoms with van der Waals surface area (Å²) in [6.07, 6.45) is 1.93. The maximum atomic E-state index is 12.0. The third-order valence-corrected chi connectivity index (χ3v) is 2.92. The van der Waals surface area contributed by atoms with Crippen LogP contribution >= 0.6 is 0 Å². The van der Waals surface area contributed by atoms with E-state index in [1.54, 1.807) is 12.1 Å². The maximum Gasteiger partial charge on any atom is 0.255 e. The monoisotopic (exact) mass is 255 g/mol. The number of hydrogen-bond acceptors (Lipinski definition) is 2. The van der Waals surface area contributed by atoms with Crippen LogP contribution in [0.5, 0.6) is 5.75 Å². The van der Waals surface area contributed by atoms with Gasteiger partial charge in [-0.2, -0.15) is 0 Å². The molecule has 1 amide bonds. The van der Waals surface area contributed by atoms with Crippen LogP contribution in [0.2, 0.25) is 0 Å². The topological polar surface area (TPSA) is 49.3 Å². The summed E-state index contributed by atoms with van der Waals surface area (Å²) in [5.74, 6) is -0.228. The van der Waals surface area contributed by atoms with Gasteiger partial charge < -0.3 is 10.4 Å². The molecule has 0 unspecified atom stereocenters. The van der Waals surface area contributed by atoms with Crippen LogP contribution in [0, 0.1) is 0 Å². The van der Waals surface area contributed by atoms with Gasteiger partial charge in [0.2, 0.25) is 0 Å². The highest BCUT2D eigenvalue weighted by Gasteiger charge is 2.12. The Hall–Kier alpha value is -2.29. The lowest BCUT2D eigenvalue weighted by Gasteiger charge is -2.08. The number of aromatic hydroxyl groups is 1. The van der Waals surface area contributed by atoms with Gasteiger partial charge in [-0.1, -0.05) is 42.0 Å². The van der Waals surface area contributed by atoms with E-state index >= 15 is 0 Å². The molecule has 2 aromatic carbocycles. The van der Waals surface area contributed by atoms with Crippen LogP contribution in [-0.4, -0.2) is 17.6 Å². The Morgan fingerprint density at radius 1 is 1.21 bits per heavy atom. The van der Waals surface area contributed by atoms with Crippen LogP contribution in [0.3, 0.4) is 0 Å². The Kier molecular flexibility index (Phi) is 3.85. The molecule has 0 aromatic heterocycles. The summed E-state index contributed by atoms with van der Waals surface area (Å²) in [6, 6.07) is 10.9. The molecule has 2 N–H and O–H groups in total. The van der Waals surface area contributed by atoms with Gasteiger partial charge in [0.25, 0.3) is 5.91 Å². The van der Waals surface area contributed by atoms with Gasteiger partial charge in [-0.3, -0.25) is 4.79 Å². The molecule has 0 aliphatic heterocycles. The summed E-state index contributed by atoms with van der Waals surface area (Å²) < 4.78 is 0. The van der Waals surface area contributed by atoms with Crippen LogP contribution in [0.15, 0.2) is 48.0 Å². The number of fused-ring (bicyclic) bond motifs is 1. The SMILES string of the molecule is CC(C)=CCNC(=O)c1ccc2ccccc2c1O. The molecule has 0 aliphatic carbocycles. The second-order valence-corrected chi connectivity index (χ2v) is 4.67. The summed E-state index contributed by atoms with van der Waals surface area (Å²) in [5, 5.41) is 14.5. The molecule has 0 bridgehead atoms. The second-order valence-electron chi connectivity index (χ2n) is 4.67. The largest absolute Gasteiger partial charge is 0.506 e. The number of phenolic OH excluding ortho intramolecular Hbond substituents is 1. The number of carbonyl (C=O) groups is 1. The fourth-order valence-corrected chi connectivity index (χ4v) is 1.88. The molecule has 0 saturated carbocycles. The molecule has 3 heteroatoms. The molecule has 0 atom stereocenters. The van der Waals surface area contributed by atoms with Gasteiger partial charge in [0.1, 0.15) is 5.75 Å². The summed E-state index contributed by atoms with van der Waals surface area (Å²) in [6.45, 7) is 4.41. The van der Waals surface area contributed by atoms with Crippen molar-refractivity contribution >= 4 is 16.7 Å². The third-order valence-electron chi connectivity index (χ3n) is 2.92. The fraction of sp³-hybridized carbons (Fsp3) is 0.188. The Labute approximate surface area is 112 Å². The Morgan fingerprint density at radius 3 is 2.68 bits per heavy atom. The van der Waals surface area contributed by atoms with Crippen LogP contribution in [0.25, 0.3) is 10.8 Å². The molecular weight excluding hydrogens is 238 g/mol. The van der Waals surface area contributed by atoms with E-state index in [1.165, 1.54) is 0 Å². The van der Waals surface area contributed by atoms with E-state index in [2.05, 4.69) is 5.32 Å².